The standard InChI is InChI=1S/C24H29N5O3.C20H21N5O3/c1-24(2,3)32-23(31)25-16-21(30)29-13-11-28(12-14-29)18-8-6-7-17(15-18)22-26-19-9-4-5-10-20(19)27-22;26-18(13-21-20(27)28)25-10-8-24(9-11-25)15-5-3-4-14(12-15)19-22-16-6-1-2-7-17(16)23-19/h4-10,15H,11-14,16H2,1-3H3,(H,25,31)(H,26,27);1-7,12,21H,8-11,13H2,(H,22,23)(H,27,28). The SMILES string of the molecule is CC(C)(C)OC(=O)NCC(=O)N1CCN(c2cccc(-c3nc4ccccc4[nH]3)c2)CC1.O=C(O)NCC(=O)N1CCN(c2cccc(-c3nc4ccccc4[nH]3)c2)CC1. The second-order valence-electron chi connectivity index (χ2n) is 15.6. The molecule has 4 heterocycles. The summed E-state index contributed by atoms with van der Waals surface area (Å²) in [4.78, 5) is 70.8. The lowest BCUT2D eigenvalue weighted by atomic mass is 10.1. The number of aromatic amines is 2. The van der Waals surface area contributed by atoms with Crippen LogP contribution in [0.4, 0.5) is 21.0 Å². The number of amides is 4. The molecular formula is C44H50N10O6. The van der Waals surface area contributed by atoms with Crippen molar-refractivity contribution < 1.29 is 29.0 Å². The number of alkyl carbamates (subject to hydrolysis) is 1. The first-order chi connectivity index (χ1) is 28.9. The fourth-order valence-electron chi connectivity index (χ4n) is 7.14. The average molecular weight is 815 g/mol. The molecule has 2 aliphatic rings. The minimum Gasteiger partial charge on any atom is -0.465 e. The summed E-state index contributed by atoms with van der Waals surface area (Å²) < 4.78 is 5.18. The second-order valence-corrected chi connectivity index (χ2v) is 15.6. The normalized spacial score (nSPS) is 14.4. The van der Waals surface area contributed by atoms with Gasteiger partial charge in [0.2, 0.25) is 11.8 Å². The van der Waals surface area contributed by atoms with Crippen LogP contribution < -0.4 is 20.4 Å². The summed E-state index contributed by atoms with van der Waals surface area (Å²) in [5.74, 6) is 1.37. The van der Waals surface area contributed by atoms with Gasteiger partial charge in [-0.1, -0.05) is 48.5 Å². The van der Waals surface area contributed by atoms with Gasteiger partial charge >= 0.3 is 12.2 Å². The molecule has 312 valence electrons. The zero-order valence-electron chi connectivity index (χ0n) is 34.0. The van der Waals surface area contributed by atoms with Crippen LogP contribution >= 0.6 is 0 Å². The van der Waals surface area contributed by atoms with Crippen LogP contribution in [0.25, 0.3) is 44.8 Å². The Morgan fingerprint density at radius 2 is 1.05 bits per heavy atom. The maximum atomic E-state index is 12.5. The highest BCUT2D eigenvalue weighted by Crippen LogP contribution is 2.27. The second kappa shape index (κ2) is 18.2. The molecule has 0 unspecified atom stereocenters. The number of hydrogen-bond acceptors (Lipinski definition) is 9. The molecule has 16 heteroatoms. The van der Waals surface area contributed by atoms with Crippen molar-refractivity contribution >= 4 is 57.4 Å². The van der Waals surface area contributed by atoms with Crippen molar-refractivity contribution in [1.82, 2.24) is 40.4 Å². The van der Waals surface area contributed by atoms with Crippen molar-refractivity contribution in [2.24, 2.45) is 0 Å². The lowest BCUT2D eigenvalue weighted by Gasteiger charge is -2.36. The van der Waals surface area contributed by atoms with Crippen molar-refractivity contribution in [2.45, 2.75) is 26.4 Å². The molecule has 5 N–H and O–H groups in total. The Balaban J connectivity index is 0.000000183. The summed E-state index contributed by atoms with van der Waals surface area (Å²) >= 11 is 0. The van der Waals surface area contributed by atoms with Gasteiger partial charge in [-0.15, -0.1) is 0 Å². The van der Waals surface area contributed by atoms with Crippen LogP contribution in [0, 0.1) is 0 Å². The summed E-state index contributed by atoms with van der Waals surface area (Å²) in [6, 6.07) is 32.4. The molecule has 0 spiro atoms. The van der Waals surface area contributed by atoms with Crippen LogP contribution in [0.15, 0.2) is 97.1 Å². The van der Waals surface area contributed by atoms with Gasteiger partial charge in [0, 0.05) is 74.9 Å². The fraction of sp³-hybridized carbons (Fsp3) is 0.318. The third-order valence-corrected chi connectivity index (χ3v) is 10.2. The maximum Gasteiger partial charge on any atom is 0.408 e. The molecule has 0 radical (unpaired) electrons. The number of imidazole rings is 2. The number of carboxylic acid groups (broad SMARTS) is 1. The first-order valence-corrected chi connectivity index (χ1v) is 20.0. The van der Waals surface area contributed by atoms with Gasteiger partial charge in [-0.3, -0.25) is 9.59 Å². The number of benzene rings is 4. The zero-order valence-corrected chi connectivity index (χ0v) is 34.0. The number of carbonyl (C=O) groups is 4. The van der Waals surface area contributed by atoms with Gasteiger partial charge in [0.25, 0.3) is 0 Å². The average Bonchev–Trinajstić information content (AvgIpc) is 3.90. The summed E-state index contributed by atoms with van der Waals surface area (Å²) in [6.45, 7) is 10.3. The molecule has 8 rings (SSSR count). The highest BCUT2D eigenvalue weighted by atomic mass is 16.6. The van der Waals surface area contributed by atoms with Gasteiger partial charge in [0.1, 0.15) is 30.3 Å². The van der Waals surface area contributed by atoms with Crippen molar-refractivity contribution in [3.8, 4) is 22.8 Å². The molecule has 4 amide bonds. The van der Waals surface area contributed by atoms with E-state index in [1.54, 1.807) is 30.6 Å². The van der Waals surface area contributed by atoms with Gasteiger partial charge in [-0.25, -0.2) is 19.6 Å². The van der Waals surface area contributed by atoms with Crippen molar-refractivity contribution in [2.75, 3.05) is 75.2 Å². The highest BCUT2D eigenvalue weighted by molar-refractivity contribution is 5.84. The molecule has 0 atom stereocenters. The molecule has 6 aromatic rings. The number of hydrogen-bond donors (Lipinski definition) is 5. The maximum absolute atomic E-state index is 12.5. The lowest BCUT2D eigenvalue weighted by Crippen LogP contribution is -2.51. The number of H-pyrrole nitrogens is 2. The number of ether oxygens (including phenoxy) is 1. The summed E-state index contributed by atoms with van der Waals surface area (Å²) in [6.07, 6.45) is -1.76. The van der Waals surface area contributed by atoms with E-state index < -0.39 is 17.8 Å². The third-order valence-electron chi connectivity index (χ3n) is 10.2. The molecule has 2 aliphatic heterocycles. The number of nitrogens with one attached hydrogen (secondary N) is 4. The fourth-order valence-corrected chi connectivity index (χ4v) is 7.14. The number of nitrogens with zero attached hydrogens (tertiary/aromatic N) is 6. The van der Waals surface area contributed by atoms with E-state index in [0.29, 0.717) is 39.3 Å². The molecule has 2 fully saturated rings. The smallest absolute Gasteiger partial charge is 0.408 e. The number of para-hydroxylation sites is 4. The topological polar surface area (TPSA) is 192 Å². The largest absolute Gasteiger partial charge is 0.465 e. The quantitative estimate of drug-likeness (QED) is 0.130. The predicted molar refractivity (Wildman–Crippen MR) is 231 cm³/mol. The molecule has 16 nitrogen and oxygen atoms in total. The molecule has 2 saturated heterocycles. The monoisotopic (exact) mass is 814 g/mol. The van der Waals surface area contributed by atoms with E-state index in [4.69, 9.17) is 9.84 Å². The number of piperazine rings is 2. The summed E-state index contributed by atoms with van der Waals surface area (Å²) in [5, 5.41) is 13.3. The number of fused-ring (bicyclic) bond motifs is 2. The Labute approximate surface area is 347 Å². The van der Waals surface area contributed by atoms with Crippen molar-refractivity contribution in [1.29, 1.82) is 0 Å². The zero-order chi connectivity index (χ0) is 42.2. The molecular weight excluding hydrogens is 765 g/mol. The molecule has 0 saturated carbocycles. The van der Waals surface area contributed by atoms with E-state index >= 15 is 0 Å². The van der Waals surface area contributed by atoms with E-state index in [2.05, 4.69) is 64.6 Å². The Bertz CT molecular complexity index is 2390. The van der Waals surface area contributed by atoms with E-state index in [1.165, 1.54) is 0 Å². The molecule has 4 aromatic carbocycles. The Morgan fingerprint density at radius 1 is 0.617 bits per heavy atom. The summed E-state index contributed by atoms with van der Waals surface area (Å²) in [5.41, 5.74) is 7.53. The number of carbonyl (C=O) groups excluding carboxylic acids is 3. The van der Waals surface area contributed by atoms with Crippen molar-refractivity contribution in [3.05, 3.63) is 97.1 Å². The molecule has 0 bridgehead atoms. The predicted octanol–water partition coefficient (Wildman–Crippen LogP) is 5.55. The van der Waals surface area contributed by atoms with Gasteiger partial charge in [0.15, 0.2) is 0 Å². The Kier molecular flexibility index (Phi) is 12.5. The van der Waals surface area contributed by atoms with E-state index in [9.17, 15) is 19.2 Å². The first-order valence-electron chi connectivity index (χ1n) is 20.0. The van der Waals surface area contributed by atoms with Gasteiger partial charge in [-0.2, -0.15) is 0 Å². The first kappa shape index (κ1) is 41.1. The van der Waals surface area contributed by atoms with Gasteiger partial charge in [-0.05, 0) is 69.3 Å². The van der Waals surface area contributed by atoms with E-state index in [-0.39, 0.29) is 24.9 Å². The van der Waals surface area contributed by atoms with Gasteiger partial charge in [0.05, 0.1) is 22.1 Å². The molecule has 60 heavy (non-hydrogen) atoms. The third kappa shape index (κ3) is 10.5. The van der Waals surface area contributed by atoms with E-state index in [0.717, 1.165) is 69.3 Å². The highest BCUT2D eigenvalue weighted by Gasteiger charge is 2.24. The Morgan fingerprint density at radius 3 is 1.47 bits per heavy atom. The molecule has 0 aliphatic carbocycles. The minimum absolute atomic E-state index is 0.0591. The number of rotatable bonds is 8. The van der Waals surface area contributed by atoms with Crippen LogP contribution in [0.5, 0.6) is 0 Å². The lowest BCUT2D eigenvalue weighted by molar-refractivity contribution is -0.131. The summed E-state index contributed by atoms with van der Waals surface area (Å²) in [7, 11) is 0. The number of anilines is 2. The van der Waals surface area contributed by atoms with Gasteiger partial charge < -0.3 is 50.0 Å². The van der Waals surface area contributed by atoms with Crippen LogP contribution in [0.2, 0.25) is 0 Å². The Hall–Kier alpha value is -7.10. The van der Waals surface area contributed by atoms with Crippen LogP contribution in [0.1, 0.15) is 20.8 Å². The molecule has 2 aromatic heterocycles. The van der Waals surface area contributed by atoms with Crippen molar-refractivity contribution in [3.63, 3.8) is 0 Å². The van der Waals surface area contributed by atoms with Crippen LogP contribution in [0.3, 0.4) is 0 Å². The minimum atomic E-state index is -1.19. The van der Waals surface area contributed by atoms with Crippen LogP contribution in [-0.2, 0) is 14.3 Å². The van der Waals surface area contributed by atoms with Crippen LogP contribution in [-0.4, -0.2) is 130 Å². The van der Waals surface area contributed by atoms with E-state index in [1.807, 2.05) is 72.8 Å². The number of aromatic nitrogens is 4.